The van der Waals surface area contributed by atoms with Crippen LogP contribution in [-0.4, -0.2) is 26.5 Å². The van der Waals surface area contributed by atoms with Crippen LogP contribution in [0.25, 0.3) is 0 Å². The summed E-state index contributed by atoms with van der Waals surface area (Å²) in [4.78, 5) is 0. The van der Waals surface area contributed by atoms with Crippen LogP contribution in [0, 0.1) is 19.7 Å². The first kappa shape index (κ1) is 15.1. The summed E-state index contributed by atoms with van der Waals surface area (Å²) in [5.41, 5.74) is 2.19. The SMILES string of the molecule is Cc1cc(CNC(C)CS(C)(=O)=O)cc(C)c1F. The van der Waals surface area contributed by atoms with Gasteiger partial charge in [0.05, 0.1) is 5.75 Å². The molecule has 0 heterocycles. The van der Waals surface area contributed by atoms with Gasteiger partial charge in [0, 0.05) is 18.8 Å². The number of halogens is 1. The molecule has 3 nitrogen and oxygen atoms in total. The van der Waals surface area contributed by atoms with Crippen molar-refractivity contribution in [2.75, 3.05) is 12.0 Å². The predicted octanol–water partition coefficient (Wildman–Crippen LogP) is 1.97. The first-order chi connectivity index (χ1) is 8.19. The van der Waals surface area contributed by atoms with Crippen LogP contribution in [0.5, 0.6) is 0 Å². The van der Waals surface area contributed by atoms with Crippen LogP contribution in [0.15, 0.2) is 12.1 Å². The van der Waals surface area contributed by atoms with E-state index in [0.717, 1.165) is 5.56 Å². The first-order valence-electron chi connectivity index (χ1n) is 5.86. The summed E-state index contributed by atoms with van der Waals surface area (Å²) < 4.78 is 35.7. The number of benzene rings is 1. The molecule has 0 bridgehead atoms. The second kappa shape index (κ2) is 5.80. The molecule has 1 aromatic rings. The lowest BCUT2D eigenvalue weighted by atomic mass is 10.1. The van der Waals surface area contributed by atoms with Gasteiger partial charge in [-0.3, -0.25) is 0 Å². The average Bonchev–Trinajstić information content (AvgIpc) is 2.20. The van der Waals surface area contributed by atoms with Gasteiger partial charge in [-0.25, -0.2) is 12.8 Å². The van der Waals surface area contributed by atoms with Crippen LogP contribution in [-0.2, 0) is 16.4 Å². The minimum Gasteiger partial charge on any atom is -0.309 e. The summed E-state index contributed by atoms with van der Waals surface area (Å²) in [7, 11) is -2.97. The van der Waals surface area contributed by atoms with Crippen LogP contribution in [0.2, 0.25) is 0 Å². The van der Waals surface area contributed by atoms with Crippen molar-refractivity contribution in [3.05, 3.63) is 34.6 Å². The van der Waals surface area contributed by atoms with E-state index in [1.165, 1.54) is 6.26 Å². The van der Waals surface area contributed by atoms with Crippen LogP contribution in [0.3, 0.4) is 0 Å². The fraction of sp³-hybridized carbons (Fsp3) is 0.538. The Bertz CT molecular complexity index is 503. The Morgan fingerprint density at radius 3 is 2.22 bits per heavy atom. The van der Waals surface area contributed by atoms with E-state index < -0.39 is 9.84 Å². The third kappa shape index (κ3) is 4.74. The topological polar surface area (TPSA) is 46.2 Å². The standard InChI is InChI=1S/C13H20FNO2S/c1-9-5-12(6-10(2)13(9)14)7-15-11(3)8-18(4,16)17/h5-6,11,15H,7-8H2,1-4H3. The van der Waals surface area contributed by atoms with Gasteiger partial charge < -0.3 is 5.32 Å². The number of hydrogen-bond donors (Lipinski definition) is 1. The maximum Gasteiger partial charge on any atom is 0.148 e. The molecule has 0 aliphatic heterocycles. The minimum absolute atomic E-state index is 0.103. The Morgan fingerprint density at radius 2 is 1.78 bits per heavy atom. The second-order valence-corrected chi connectivity index (χ2v) is 7.10. The van der Waals surface area contributed by atoms with Gasteiger partial charge in [0.25, 0.3) is 0 Å². The Kier molecular flexibility index (Phi) is 4.87. The molecule has 0 aromatic heterocycles. The molecule has 18 heavy (non-hydrogen) atoms. The lowest BCUT2D eigenvalue weighted by Crippen LogP contribution is -2.32. The molecule has 0 aliphatic rings. The summed E-state index contributed by atoms with van der Waals surface area (Å²) in [5.74, 6) is -0.0745. The van der Waals surface area contributed by atoms with Crippen molar-refractivity contribution in [2.24, 2.45) is 0 Å². The summed E-state index contributed by atoms with van der Waals surface area (Å²) >= 11 is 0. The van der Waals surface area contributed by atoms with Gasteiger partial charge in [-0.1, -0.05) is 12.1 Å². The van der Waals surface area contributed by atoms with Crippen LogP contribution < -0.4 is 5.32 Å². The monoisotopic (exact) mass is 273 g/mol. The Hall–Kier alpha value is -0.940. The second-order valence-electron chi connectivity index (χ2n) is 4.92. The van der Waals surface area contributed by atoms with E-state index in [0.29, 0.717) is 17.7 Å². The lowest BCUT2D eigenvalue weighted by molar-refractivity contribution is 0.558. The third-order valence-corrected chi connectivity index (χ3v) is 3.81. The number of sulfone groups is 1. The fourth-order valence-electron chi connectivity index (χ4n) is 1.94. The maximum absolute atomic E-state index is 13.4. The van der Waals surface area contributed by atoms with E-state index in [2.05, 4.69) is 5.32 Å². The predicted molar refractivity (Wildman–Crippen MR) is 71.9 cm³/mol. The third-order valence-electron chi connectivity index (χ3n) is 2.70. The summed E-state index contributed by atoms with van der Waals surface area (Å²) in [6.07, 6.45) is 1.22. The van der Waals surface area contributed by atoms with Gasteiger partial charge in [0.15, 0.2) is 0 Å². The van der Waals surface area contributed by atoms with Gasteiger partial charge in [0.1, 0.15) is 15.7 Å². The highest BCUT2D eigenvalue weighted by Gasteiger charge is 2.10. The van der Waals surface area contributed by atoms with Crippen molar-refractivity contribution in [1.29, 1.82) is 0 Å². The van der Waals surface area contributed by atoms with Gasteiger partial charge in [-0.05, 0) is 37.5 Å². The van der Waals surface area contributed by atoms with E-state index in [1.807, 2.05) is 6.92 Å². The van der Waals surface area contributed by atoms with Gasteiger partial charge in [-0.2, -0.15) is 0 Å². The van der Waals surface area contributed by atoms with E-state index in [4.69, 9.17) is 0 Å². The van der Waals surface area contributed by atoms with Crippen molar-refractivity contribution >= 4 is 9.84 Å². The minimum atomic E-state index is -2.97. The largest absolute Gasteiger partial charge is 0.309 e. The van der Waals surface area contributed by atoms with Crippen LogP contribution in [0.1, 0.15) is 23.6 Å². The highest BCUT2D eigenvalue weighted by molar-refractivity contribution is 7.90. The maximum atomic E-state index is 13.4. The van der Waals surface area contributed by atoms with Crippen molar-refractivity contribution < 1.29 is 12.8 Å². The molecule has 5 heteroatoms. The van der Waals surface area contributed by atoms with Crippen molar-refractivity contribution in [3.8, 4) is 0 Å². The molecule has 0 aliphatic carbocycles. The van der Waals surface area contributed by atoms with E-state index in [1.54, 1.807) is 26.0 Å². The molecule has 0 saturated heterocycles. The number of nitrogens with one attached hydrogen (secondary N) is 1. The molecule has 0 spiro atoms. The lowest BCUT2D eigenvalue weighted by Gasteiger charge is -2.13. The Balaban J connectivity index is 2.64. The molecule has 1 aromatic carbocycles. The smallest absolute Gasteiger partial charge is 0.148 e. The van der Waals surface area contributed by atoms with Crippen molar-refractivity contribution in [2.45, 2.75) is 33.4 Å². The molecule has 102 valence electrons. The van der Waals surface area contributed by atoms with Crippen molar-refractivity contribution in [1.82, 2.24) is 5.32 Å². The summed E-state index contributed by atoms with van der Waals surface area (Å²) in [6.45, 7) is 5.82. The highest BCUT2D eigenvalue weighted by atomic mass is 32.2. The highest BCUT2D eigenvalue weighted by Crippen LogP contribution is 2.14. The quantitative estimate of drug-likeness (QED) is 0.892. The fourth-order valence-corrected chi connectivity index (χ4v) is 2.97. The molecule has 1 atom stereocenters. The average molecular weight is 273 g/mol. The normalized spacial score (nSPS) is 13.6. The van der Waals surface area contributed by atoms with E-state index in [9.17, 15) is 12.8 Å². The zero-order valence-electron chi connectivity index (χ0n) is 11.2. The first-order valence-corrected chi connectivity index (χ1v) is 7.92. The molecule has 1 unspecified atom stereocenters. The summed E-state index contributed by atoms with van der Waals surface area (Å²) in [6, 6.07) is 3.44. The van der Waals surface area contributed by atoms with Gasteiger partial charge in [-0.15, -0.1) is 0 Å². The van der Waals surface area contributed by atoms with Gasteiger partial charge >= 0.3 is 0 Å². The molecule has 0 saturated carbocycles. The Morgan fingerprint density at radius 1 is 1.28 bits per heavy atom. The number of hydrogen-bond acceptors (Lipinski definition) is 3. The zero-order chi connectivity index (χ0) is 13.9. The number of rotatable bonds is 5. The van der Waals surface area contributed by atoms with Gasteiger partial charge in [0.2, 0.25) is 0 Å². The molecule has 0 amide bonds. The molecule has 0 radical (unpaired) electrons. The van der Waals surface area contributed by atoms with E-state index in [-0.39, 0.29) is 17.6 Å². The van der Waals surface area contributed by atoms with Crippen LogP contribution in [0.4, 0.5) is 4.39 Å². The van der Waals surface area contributed by atoms with E-state index >= 15 is 0 Å². The number of aryl methyl sites for hydroxylation is 2. The molecule has 1 N–H and O–H groups in total. The molecular formula is C13H20FNO2S. The zero-order valence-corrected chi connectivity index (χ0v) is 12.1. The summed E-state index contributed by atoms with van der Waals surface area (Å²) in [5, 5.41) is 3.13. The molecular weight excluding hydrogens is 253 g/mol. The van der Waals surface area contributed by atoms with Crippen LogP contribution >= 0.6 is 0 Å². The van der Waals surface area contributed by atoms with Crippen molar-refractivity contribution in [3.63, 3.8) is 0 Å². The molecule has 1 rings (SSSR count). The molecule has 0 fully saturated rings. The Labute approximate surface area is 108 Å².